The average Bonchev–Trinajstić information content (AvgIpc) is 2.73. The lowest BCUT2D eigenvalue weighted by atomic mass is 10.0. The zero-order valence-electron chi connectivity index (χ0n) is 11.2. The number of aromatic nitrogens is 1. The molecule has 98 valence electrons. The van der Waals surface area contributed by atoms with Crippen molar-refractivity contribution in [2.75, 3.05) is 5.73 Å². The minimum absolute atomic E-state index is 0.390. The highest BCUT2D eigenvalue weighted by Crippen LogP contribution is 2.28. The van der Waals surface area contributed by atoms with Crippen LogP contribution < -0.4 is 5.73 Å². The molecule has 0 aliphatic rings. The molecule has 2 N–H and O–H groups in total. The number of hydrogen-bond donors (Lipinski definition) is 1. The molecular formula is C15H17N3S. The summed E-state index contributed by atoms with van der Waals surface area (Å²) < 4.78 is 0. The van der Waals surface area contributed by atoms with E-state index in [4.69, 9.17) is 11.0 Å². The van der Waals surface area contributed by atoms with Gasteiger partial charge in [0.05, 0.1) is 18.2 Å². The van der Waals surface area contributed by atoms with Crippen LogP contribution in [0.25, 0.3) is 0 Å². The summed E-state index contributed by atoms with van der Waals surface area (Å²) in [5.41, 5.74) is 9.19. The van der Waals surface area contributed by atoms with Gasteiger partial charge in [0, 0.05) is 11.3 Å². The molecule has 0 spiro atoms. The number of hydrogen-bond acceptors (Lipinski definition) is 4. The molecule has 0 unspecified atom stereocenters. The number of nitrogens with zero attached hydrogens (tertiary/aromatic N) is 2. The van der Waals surface area contributed by atoms with Crippen LogP contribution in [0.15, 0.2) is 24.3 Å². The topological polar surface area (TPSA) is 62.7 Å². The Kier molecular flexibility index (Phi) is 4.18. The lowest BCUT2D eigenvalue weighted by Crippen LogP contribution is -1.95. The lowest BCUT2D eigenvalue weighted by Gasteiger charge is -2.05. The van der Waals surface area contributed by atoms with Crippen LogP contribution in [0.4, 0.5) is 5.13 Å². The second-order valence-electron chi connectivity index (χ2n) is 4.84. The quantitative estimate of drug-likeness (QED) is 0.925. The van der Waals surface area contributed by atoms with E-state index in [0.29, 0.717) is 17.5 Å². The second kappa shape index (κ2) is 5.85. The van der Waals surface area contributed by atoms with E-state index in [1.807, 2.05) is 12.1 Å². The molecule has 1 aromatic heterocycles. The first-order valence-corrected chi connectivity index (χ1v) is 7.11. The SMILES string of the molecule is CC(C)c1nc(N)sc1Cc1ccc(CC#N)cc1. The van der Waals surface area contributed by atoms with E-state index in [1.165, 1.54) is 10.4 Å². The van der Waals surface area contributed by atoms with Gasteiger partial charge in [-0.2, -0.15) is 5.26 Å². The first-order chi connectivity index (χ1) is 9.10. The van der Waals surface area contributed by atoms with Crippen molar-refractivity contribution in [2.24, 2.45) is 0 Å². The molecule has 0 radical (unpaired) electrons. The standard InChI is InChI=1S/C15H17N3S/c1-10(2)14-13(19-15(17)18-14)9-12-5-3-11(4-6-12)7-8-16/h3-6,10H,7,9H2,1-2H3,(H2,17,18). The summed E-state index contributed by atoms with van der Waals surface area (Å²) in [6.45, 7) is 4.27. The Hall–Kier alpha value is -1.86. The monoisotopic (exact) mass is 271 g/mol. The fourth-order valence-corrected chi connectivity index (χ4v) is 3.03. The van der Waals surface area contributed by atoms with Gasteiger partial charge in [-0.05, 0) is 17.0 Å². The molecule has 1 heterocycles. The van der Waals surface area contributed by atoms with Crippen LogP contribution in [0, 0.1) is 11.3 Å². The van der Waals surface area contributed by atoms with Gasteiger partial charge in [-0.3, -0.25) is 0 Å². The highest BCUT2D eigenvalue weighted by molar-refractivity contribution is 7.15. The van der Waals surface area contributed by atoms with Crippen molar-refractivity contribution in [3.63, 3.8) is 0 Å². The molecule has 0 saturated carbocycles. The summed E-state index contributed by atoms with van der Waals surface area (Å²) in [6, 6.07) is 10.3. The Labute approximate surface area is 117 Å². The Morgan fingerprint density at radius 3 is 2.47 bits per heavy atom. The van der Waals surface area contributed by atoms with E-state index in [0.717, 1.165) is 17.7 Å². The predicted molar refractivity (Wildman–Crippen MR) is 79.2 cm³/mol. The van der Waals surface area contributed by atoms with E-state index in [2.05, 4.69) is 37.0 Å². The molecule has 0 aliphatic heterocycles. The van der Waals surface area contributed by atoms with Gasteiger partial charge in [-0.1, -0.05) is 38.1 Å². The van der Waals surface area contributed by atoms with Crippen LogP contribution >= 0.6 is 11.3 Å². The van der Waals surface area contributed by atoms with Gasteiger partial charge in [-0.25, -0.2) is 4.98 Å². The second-order valence-corrected chi connectivity index (χ2v) is 5.96. The van der Waals surface area contributed by atoms with Crippen molar-refractivity contribution in [2.45, 2.75) is 32.6 Å². The van der Waals surface area contributed by atoms with E-state index in [9.17, 15) is 0 Å². The van der Waals surface area contributed by atoms with Gasteiger partial charge in [-0.15, -0.1) is 11.3 Å². The van der Waals surface area contributed by atoms with Crippen molar-refractivity contribution in [1.29, 1.82) is 5.26 Å². The zero-order chi connectivity index (χ0) is 13.8. The first kappa shape index (κ1) is 13.6. The first-order valence-electron chi connectivity index (χ1n) is 6.30. The minimum atomic E-state index is 0.390. The summed E-state index contributed by atoms with van der Waals surface area (Å²) in [7, 11) is 0. The van der Waals surface area contributed by atoms with E-state index >= 15 is 0 Å². The third kappa shape index (κ3) is 3.33. The number of rotatable bonds is 4. The molecule has 0 atom stereocenters. The van der Waals surface area contributed by atoms with E-state index in [-0.39, 0.29) is 0 Å². The van der Waals surface area contributed by atoms with Crippen LogP contribution in [0.5, 0.6) is 0 Å². The van der Waals surface area contributed by atoms with Gasteiger partial charge >= 0.3 is 0 Å². The Morgan fingerprint density at radius 1 is 1.26 bits per heavy atom. The number of benzene rings is 1. The lowest BCUT2D eigenvalue weighted by molar-refractivity contribution is 0.820. The van der Waals surface area contributed by atoms with Gasteiger partial charge in [0.2, 0.25) is 0 Å². The predicted octanol–water partition coefficient (Wildman–Crippen LogP) is 3.51. The molecule has 4 heteroatoms. The van der Waals surface area contributed by atoms with Crippen molar-refractivity contribution in [3.05, 3.63) is 46.0 Å². The molecule has 3 nitrogen and oxygen atoms in total. The average molecular weight is 271 g/mol. The highest BCUT2D eigenvalue weighted by atomic mass is 32.1. The van der Waals surface area contributed by atoms with Crippen LogP contribution in [-0.4, -0.2) is 4.98 Å². The van der Waals surface area contributed by atoms with Crippen LogP contribution in [0.1, 0.15) is 41.5 Å². The number of anilines is 1. The highest BCUT2D eigenvalue weighted by Gasteiger charge is 2.13. The fourth-order valence-electron chi connectivity index (χ4n) is 2.01. The van der Waals surface area contributed by atoms with Crippen molar-refractivity contribution < 1.29 is 0 Å². The Morgan fingerprint density at radius 2 is 1.89 bits per heavy atom. The maximum absolute atomic E-state index is 8.65. The smallest absolute Gasteiger partial charge is 0.180 e. The van der Waals surface area contributed by atoms with Crippen molar-refractivity contribution in [3.8, 4) is 6.07 Å². The minimum Gasteiger partial charge on any atom is -0.375 e. The largest absolute Gasteiger partial charge is 0.375 e. The van der Waals surface area contributed by atoms with E-state index in [1.54, 1.807) is 11.3 Å². The molecule has 0 fully saturated rings. The molecule has 0 aliphatic carbocycles. The summed E-state index contributed by atoms with van der Waals surface area (Å²) in [4.78, 5) is 5.64. The number of nitrogens with two attached hydrogens (primary N) is 1. The normalized spacial score (nSPS) is 10.6. The van der Waals surface area contributed by atoms with E-state index < -0.39 is 0 Å². The number of nitrogen functional groups attached to an aromatic ring is 1. The maximum atomic E-state index is 8.65. The Balaban J connectivity index is 2.19. The van der Waals surface area contributed by atoms with Gasteiger partial charge in [0.15, 0.2) is 5.13 Å². The fraction of sp³-hybridized carbons (Fsp3) is 0.333. The molecule has 1 aromatic carbocycles. The van der Waals surface area contributed by atoms with Gasteiger partial charge < -0.3 is 5.73 Å². The van der Waals surface area contributed by atoms with Gasteiger partial charge in [0.25, 0.3) is 0 Å². The molecule has 0 saturated heterocycles. The summed E-state index contributed by atoms with van der Waals surface area (Å²) >= 11 is 1.57. The summed E-state index contributed by atoms with van der Waals surface area (Å²) in [5, 5.41) is 9.29. The Bertz CT molecular complexity index is 591. The van der Waals surface area contributed by atoms with Crippen molar-refractivity contribution in [1.82, 2.24) is 4.98 Å². The molecule has 2 rings (SSSR count). The zero-order valence-corrected chi connectivity index (χ0v) is 12.0. The van der Waals surface area contributed by atoms with Crippen LogP contribution in [0.3, 0.4) is 0 Å². The molecular weight excluding hydrogens is 254 g/mol. The molecule has 19 heavy (non-hydrogen) atoms. The maximum Gasteiger partial charge on any atom is 0.180 e. The number of nitriles is 1. The van der Waals surface area contributed by atoms with Crippen LogP contribution in [0.2, 0.25) is 0 Å². The number of thiazole rings is 1. The third-order valence-corrected chi connectivity index (χ3v) is 3.86. The molecule has 2 aromatic rings. The summed E-state index contributed by atoms with van der Waals surface area (Å²) in [6.07, 6.45) is 1.32. The van der Waals surface area contributed by atoms with Crippen molar-refractivity contribution >= 4 is 16.5 Å². The molecule has 0 bridgehead atoms. The third-order valence-electron chi connectivity index (χ3n) is 2.96. The van der Waals surface area contributed by atoms with Gasteiger partial charge in [0.1, 0.15) is 0 Å². The molecule has 0 amide bonds. The van der Waals surface area contributed by atoms with Crippen LogP contribution in [-0.2, 0) is 12.8 Å². The summed E-state index contributed by atoms with van der Waals surface area (Å²) in [5.74, 6) is 0.390.